The van der Waals surface area contributed by atoms with Gasteiger partial charge in [-0.05, 0) is 19.2 Å². The zero-order valence-electron chi connectivity index (χ0n) is 5.61. The van der Waals surface area contributed by atoms with E-state index in [1.54, 1.807) is 18.8 Å². The van der Waals surface area contributed by atoms with Crippen LogP contribution in [0.4, 0.5) is 4.39 Å². The molecule has 1 N–H and O–H groups in total. The molecule has 3 heteroatoms. The molecule has 9 heavy (non-hydrogen) atoms. The Hall–Kier alpha value is 0.240. The van der Waals surface area contributed by atoms with Crippen LogP contribution in [0.1, 0.15) is 6.42 Å². The highest BCUT2D eigenvalue weighted by atomic mass is 32.2. The van der Waals surface area contributed by atoms with Gasteiger partial charge in [0.1, 0.15) is 5.67 Å². The summed E-state index contributed by atoms with van der Waals surface area (Å²) in [4.78, 5) is 0. The average molecular weight is 149 g/mol. The summed E-state index contributed by atoms with van der Waals surface area (Å²) in [6.07, 6.45) is 0.721. The summed E-state index contributed by atoms with van der Waals surface area (Å²) in [6, 6.07) is 0. The molecule has 0 spiro atoms. The Bertz CT molecular complexity index is 91.1. The first-order valence-electron chi connectivity index (χ1n) is 3.18. The van der Waals surface area contributed by atoms with Crippen LogP contribution in [0, 0.1) is 0 Å². The number of alkyl halides is 1. The molecule has 54 valence electrons. The van der Waals surface area contributed by atoms with Gasteiger partial charge in [0, 0.05) is 12.3 Å². The molecule has 0 aromatic carbocycles. The lowest BCUT2D eigenvalue weighted by Gasteiger charge is -2.16. The highest BCUT2D eigenvalue weighted by molar-refractivity contribution is 7.99. The molecule has 0 aromatic heterocycles. The monoisotopic (exact) mass is 149 g/mol. The Morgan fingerprint density at radius 3 is 3.00 bits per heavy atom. The number of hydrogen-bond acceptors (Lipinski definition) is 2. The minimum absolute atomic E-state index is 0.514. The van der Waals surface area contributed by atoms with Crippen molar-refractivity contribution in [2.45, 2.75) is 12.1 Å². The number of hydrogen-bond donors (Lipinski definition) is 1. The van der Waals surface area contributed by atoms with Crippen molar-refractivity contribution >= 4 is 11.8 Å². The van der Waals surface area contributed by atoms with E-state index in [1.165, 1.54) is 0 Å². The van der Waals surface area contributed by atoms with Crippen LogP contribution in [-0.4, -0.2) is 30.8 Å². The summed E-state index contributed by atoms with van der Waals surface area (Å²) >= 11 is 1.71. The van der Waals surface area contributed by atoms with Crippen LogP contribution in [0.3, 0.4) is 0 Å². The summed E-state index contributed by atoms with van der Waals surface area (Å²) in [5.41, 5.74) is -0.903. The lowest BCUT2D eigenvalue weighted by molar-refractivity contribution is 0.198. The Morgan fingerprint density at radius 1 is 1.78 bits per heavy atom. The first kappa shape index (κ1) is 7.35. The second-order valence-corrected chi connectivity index (χ2v) is 3.59. The molecule has 0 radical (unpaired) electrons. The number of nitrogens with one attached hydrogen (secondary N) is 1. The van der Waals surface area contributed by atoms with Gasteiger partial charge in [-0.3, -0.25) is 0 Å². The molecule has 0 saturated carbocycles. The Kier molecular flexibility index (Phi) is 2.35. The van der Waals surface area contributed by atoms with E-state index in [9.17, 15) is 4.39 Å². The number of halogens is 1. The Morgan fingerprint density at radius 2 is 2.56 bits per heavy atom. The summed E-state index contributed by atoms with van der Waals surface area (Å²) in [6.45, 7) is 0.514. The third-order valence-corrected chi connectivity index (χ3v) is 2.76. The topological polar surface area (TPSA) is 12.0 Å². The van der Waals surface area contributed by atoms with E-state index in [-0.39, 0.29) is 0 Å². The van der Waals surface area contributed by atoms with Crippen molar-refractivity contribution in [2.24, 2.45) is 0 Å². The second kappa shape index (κ2) is 2.88. The first-order valence-corrected chi connectivity index (χ1v) is 4.34. The third-order valence-electron chi connectivity index (χ3n) is 1.55. The molecule has 1 fully saturated rings. The maximum Gasteiger partial charge on any atom is 0.133 e. The minimum atomic E-state index is -0.903. The fourth-order valence-electron chi connectivity index (χ4n) is 1.04. The second-order valence-electron chi connectivity index (χ2n) is 2.48. The summed E-state index contributed by atoms with van der Waals surface area (Å²) in [5, 5.41) is 2.86. The predicted molar refractivity (Wildman–Crippen MR) is 39.7 cm³/mol. The van der Waals surface area contributed by atoms with Crippen LogP contribution in [0.15, 0.2) is 0 Å². The van der Waals surface area contributed by atoms with Gasteiger partial charge in [-0.2, -0.15) is 11.8 Å². The van der Waals surface area contributed by atoms with Gasteiger partial charge in [0.05, 0.1) is 0 Å². The van der Waals surface area contributed by atoms with Gasteiger partial charge in [0.25, 0.3) is 0 Å². The van der Waals surface area contributed by atoms with E-state index in [0.29, 0.717) is 12.3 Å². The first-order chi connectivity index (χ1) is 4.27. The van der Waals surface area contributed by atoms with Crippen molar-refractivity contribution in [3.05, 3.63) is 0 Å². The lowest BCUT2D eigenvalue weighted by atomic mass is 10.1. The zero-order valence-corrected chi connectivity index (χ0v) is 6.43. The molecule has 1 aliphatic rings. The molecule has 1 unspecified atom stereocenters. The zero-order chi connectivity index (χ0) is 6.74. The van der Waals surface area contributed by atoms with Crippen molar-refractivity contribution in [3.8, 4) is 0 Å². The molecule has 0 amide bonds. The summed E-state index contributed by atoms with van der Waals surface area (Å²) in [5.74, 6) is 1.66. The standard InChI is InChI=1S/C6H12FNS/c1-8-4-6(7)2-3-9-5-6/h8H,2-5H2,1H3. The molecular weight excluding hydrogens is 137 g/mol. The molecule has 1 nitrogen and oxygen atoms in total. The molecule has 0 aliphatic carbocycles. The van der Waals surface area contributed by atoms with Gasteiger partial charge >= 0.3 is 0 Å². The lowest BCUT2D eigenvalue weighted by Crippen LogP contribution is -2.34. The molecule has 1 rings (SSSR count). The third kappa shape index (κ3) is 1.83. The van der Waals surface area contributed by atoms with Crippen LogP contribution in [0.25, 0.3) is 0 Å². The van der Waals surface area contributed by atoms with Crippen LogP contribution < -0.4 is 5.32 Å². The normalized spacial score (nSPS) is 35.3. The molecule has 1 saturated heterocycles. The molecule has 1 atom stereocenters. The van der Waals surface area contributed by atoms with E-state index in [0.717, 1.165) is 12.2 Å². The van der Waals surface area contributed by atoms with E-state index in [4.69, 9.17) is 0 Å². The van der Waals surface area contributed by atoms with Gasteiger partial charge in [-0.15, -0.1) is 0 Å². The van der Waals surface area contributed by atoms with Gasteiger partial charge in [-0.25, -0.2) is 4.39 Å². The van der Waals surface area contributed by atoms with Crippen LogP contribution in [0.2, 0.25) is 0 Å². The summed E-state index contributed by atoms with van der Waals surface area (Å²) in [7, 11) is 1.80. The largest absolute Gasteiger partial charge is 0.317 e. The number of rotatable bonds is 2. The van der Waals surface area contributed by atoms with E-state index in [1.807, 2.05) is 0 Å². The highest BCUT2D eigenvalue weighted by Gasteiger charge is 2.32. The number of thioether (sulfide) groups is 1. The van der Waals surface area contributed by atoms with Crippen molar-refractivity contribution < 1.29 is 4.39 Å². The fourth-order valence-corrected chi connectivity index (χ4v) is 2.31. The Labute approximate surface area is 59.4 Å². The highest BCUT2D eigenvalue weighted by Crippen LogP contribution is 2.30. The molecule has 0 bridgehead atoms. The van der Waals surface area contributed by atoms with Crippen LogP contribution in [-0.2, 0) is 0 Å². The predicted octanol–water partition coefficient (Wildman–Crippen LogP) is 1.05. The molecular formula is C6H12FNS. The van der Waals surface area contributed by atoms with Gasteiger partial charge in [-0.1, -0.05) is 0 Å². The SMILES string of the molecule is CNCC1(F)CCSC1. The van der Waals surface area contributed by atoms with Gasteiger partial charge in [0.2, 0.25) is 0 Å². The van der Waals surface area contributed by atoms with Gasteiger partial charge in [0.15, 0.2) is 0 Å². The van der Waals surface area contributed by atoms with Crippen LogP contribution >= 0.6 is 11.8 Å². The smallest absolute Gasteiger partial charge is 0.133 e. The van der Waals surface area contributed by atoms with E-state index >= 15 is 0 Å². The van der Waals surface area contributed by atoms with Crippen LogP contribution in [0.5, 0.6) is 0 Å². The van der Waals surface area contributed by atoms with Crippen molar-refractivity contribution in [2.75, 3.05) is 25.1 Å². The summed E-state index contributed by atoms with van der Waals surface area (Å²) < 4.78 is 13.2. The van der Waals surface area contributed by atoms with Gasteiger partial charge < -0.3 is 5.32 Å². The van der Waals surface area contributed by atoms with E-state index in [2.05, 4.69) is 5.32 Å². The Balaban J connectivity index is 2.32. The van der Waals surface area contributed by atoms with Crippen molar-refractivity contribution in [3.63, 3.8) is 0 Å². The average Bonchev–Trinajstić information content (AvgIpc) is 2.16. The molecule has 0 aromatic rings. The quantitative estimate of drug-likeness (QED) is 0.630. The molecule has 1 aliphatic heterocycles. The van der Waals surface area contributed by atoms with Crippen molar-refractivity contribution in [1.82, 2.24) is 5.32 Å². The maximum absolute atomic E-state index is 13.2. The fraction of sp³-hybridized carbons (Fsp3) is 1.00. The van der Waals surface area contributed by atoms with E-state index < -0.39 is 5.67 Å². The van der Waals surface area contributed by atoms with Crippen molar-refractivity contribution in [1.29, 1.82) is 0 Å². The molecule has 1 heterocycles. The maximum atomic E-state index is 13.2. The minimum Gasteiger partial charge on any atom is -0.317 e.